The predicted molar refractivity (Wildman–Crippen MR) is 104 cm³/mol. The van der Waals surface area contributed by atoms with Gasteiger partial charge in [-0.15, -0.1) is 0 Å². The first-order chi connectivity index (χ1) is 11.5. The highest BCUT2D eigenvalue weighted by Gasteiger charge is 2.22. The molecule has 0 spiro atoms. The SMILES string of the molecule is CCNC(=NCC(c1cnn(C)c1)N(C)C)N1CCSC(CC)C1. The third-order valence-electron chi connectivity index (χ3n) is 4.38. The molecular formula is C17H32N6S. The number of hydrogen-bond donors (Lipinski definition) is 1. The lowest BCUT2D eigenvalue weighted by molar-refractivity contribution is 0.304. The number of hydrogen-bond acceptors (Lipinski definition) is 4. The first-order valence-corrected chi connectivity index (χ1v) is 9.89. The molecule has 1 aliphatic heterocycles. The van der Waals surface area contributed by atoms with Gasteiger partial charge in [-0.25, -0.2) is 0 Å². The van der Waals surface area contributed by atoms with Gasteiger partial charge >= 0.3 is 0 Å². The van der Waals surface area contributed by atoms with Crippen LogP contribution in [-0.2, 0) is 7.05 Å². The van der Waals surface area contributed by atoms with Crippen LogP contribution in [0.3, 0.4) is 0 Å². The van der Waals surface area contributed by atoms with Crippen LogP contribution < -0.4 is 5.32 Å². The van der Waals surface area contributed by atoms with Crippen molar-refractivity contribution < 1.29 is 0 Å². The third-order valence-corrected chi connectivity index (χ3v) is 5.75. The van der Waals surface area contributed by atoms with Gasteiger partial charge in [-0.2, -0.15) is 16.9 Å². The minimum absolute atomic E-state index is 0.244. The summed E-state index contributed by atoms with van der Waals surface area (Å²) in [5.41, 5.74) is 1.21. The standard InChI is InChI=1S/C17H32N6S/c1-6-15-13-23(8-9-24-15)17(18-7-2)19-11-16(21(3)4)14-10-20-22(5)12-14/h10,12,15-16H,6-9,11,13H2,1-5H3,(H,18,19). The second-order valence-corrected chi connectivity index (χ2v) is 7.88. The number of aryl methyl sites for hydroxylation is 1. The number of aromatic nitrogens is 2. The van der Waals surface area contributed by atoms with Crippen molar-refractivity contribution in [1.82, 2.24) is 24.9 Å². The van der Waals surface area contributed by atoms with E-state index in [1.165, 1.54) is 17.7 Å². The van der Waals surface area contributed by atoms with E-state index in [4.69, 9.17) is 4.99 Å². The number of likely N-dealkylation sites (N-methyl/N-ethyl adjacent to an activating group) is 1. The van der Waals surface area contributed by atoms with Gasteiger partial charge in [0.15, 0.2) is 5.96 Å². The van der Waals surface area contributed by atoms with E-state index < -0.39 is 0 Å². The molecule has 1 aliphatic rings. The fraction of sp³-hybridized carbons (Fsp3) is 0.765. The maximum atomic E-state index is 4.96. The van der Waals surface area contributed by atoms with Crippen LogP contribution in [0.1, 0.15) is 31.9 Å². The molecule has 2 rings (SSSR count). The Balaban J connectivity index is 2.10. The quantitative estimate of drug-likeness (QED) is 0.625. The molecule has 2 unspecified atom stereocenters. The fourth-order valence-corrected chi connectivity index (χ4v) is 4.12. The molecule has 2 heterocycles. The molecule has 1 aromatic heterocycles. The second-order valence-electron chi connectivity index (χ2n) is 6.47. The van der Waals surface area contributed by atoms with Gasteiger partial charge in [0.2, 0.25) is 0 Å². The lowest BCUT2D eigenvalue weighted by Gasteiger charge is -2.34. The Bertz CT molecular complexity index is 527. The summed E-state index contributed by atoms with van der Waals surface area (Å²) in [6.07, 6.45) is 5.24. The second kappa shape index (κ2) is 9.32. The van der Waals surface area contributed by atoms with Crippen LogP contribution in [0, 0.1) is 0 Å². The number of nitrogens with zero attached hydrogens (tertiary/aromatic N) is 5. The minimum Gasteiger partial charge on any atom is -0.357 e. The molecule has 24 heavy (non-hydrogen) atoms. The molecule has 0 saturated carbocycles. The first kappa shape index (κ1) is 19.1. The van der Waals surface area contributed by atoms with Crippen molar-refractivity contribution in [2.45, 2.75) is 31.6 Å². The van der Waals surface area contributed by atoms with Crippen molar-refractivity contribution in [2.24, 2.45) is 12.0 Å². The molecule has 1 saturated heterocycles. The molecule has 2 atom stereocenters. The van der Waals surface area contributed by atoms with Crippen LogP contribution >= 0.6 is 11.8 Å². The third kappa shape index (κ3) is 5.14. The van der Waals surface area contributed by atoms with Crippen LogP contribution in [0.5, 0.6) is 0 Å². The van der Waals surface area contributed by atoms with Gasteiger partial charge in [-0.05, 0) is 27.4 Å². The van der Waals surface area contributed by atoms with Crippen LogP contribution in [0.2, 0.25) is 0 Å². The molecule has 0 bridgehead atoms. The van der Waals surface area contributed by atoms with Gasteiger partial charge in [-0.3, -0.25) is 9.67 Å². The molecule has 136 valence electrons. The zero-order valence-electron chi connectivity index (χ0n) is 15.7. The summed E-state index contributed by atoms with van der Waals surface area (Å²) in [7, 11) is 6.16. The highest BCUT2D eigenvalue weighted by Crippen LogP contribution is 2.22. The first-order valence-electron chi connectivity index (χ1n) is 8.85. The smallest absolute Gasteiger partial charge is 0.194 e. The summed E-state index contributed by atoms with van der Waals surface area (Å²) in [5, 5.41) is 8.50. The molecule has 1 fully saturated rings. The van der Waals surface area contributed by atoms with Gasteiger partial charge in [0.05, 0.1) is 18.8 Å². The summed E-state index contributed by atoms with van der Waals surface area (Å²) < 4.78 is 1.86. The topological polar surface area (TPSA) is 48.7 Å². The molecule has 6 nitrogen and oxygen atoms in total. The van der Waals surface area contributed by atoms with E-state index in [1.807, 2.05) is 17.9 Å². The fourth-order valence-electron chi connectivity index (χ4n) is 2.94. The largest absolute Gasteiger partial charge is 0.357 e. The average molecular weight is 353 g/mol. The summed E-state index contributed by atoms with van der Waals surface area (Å²) in [6, 6.07) is 0.244. The van der Waals surface area contributed by atoms with Crippen LogP contribution in [0.4, 0.5) is 0 Å². The predicted octanol–water partition coefficient (Wildman–Crippen LogP) is 1.82. The van der Waals surface area contributed by atoms with E-state index >= 15 is 0 Å². The Morgan fingerprint density at radius 2 is 2.29 bits per heavy atom. The van der Waals surface area contributed by atoms with Gasteiger partial charge in [-0.1, -0.05) is 6.92 Å². The summed E-state index contributed by atoms with van der Waals surface area (Å²) >= 11 is 2.09. The maximum absolute atomic E-state index is 4.96. The minimum atomic E-state index is 0.244. The van der Waals surface area contributed by atoms with Crippen molar-refractivity contribution in [3.05, 3.63) is 18.0 Å². The zero-order chi connectivity index (χ0) is 17.5. The van der Waals surface area contributed by atoms with Crippen LogP contribution in [-0.4, -0.2) is 76.8 Å². The summed E-state index contributed by atoms with van der Waals surface area (Å²) in [6.45, 7) is 8.21. The van der Waals surface area contributed by atoms with Gasteiger partial charge in [0.25, 0.3) is 0 Å². The Morgan fingerprint density at radius 3 is 2.88 bits per heavy atom. The lowest BCUT2D eigenvalue weighted by Crippen LogP contribution is -2.48. The Labute approximate surface area is 150 Å². The van der Waals surface area contributed by atoms with Gasteiger partial charge in [0.1, 0.15) is 0 Å². The van der Waals surface area contributed by atoms with E-state index in [9.17, 15) is 0 Å². The monoisotopic (exact) mass is 352 g/mol. The number of thioether (sulfide) groups is 1. The zero-order valence-corrected chi connectivity index (χ0v) is 16.5. The van der Waals surface area contributed by atoms with E-state index in [0.717, 1.165) is 32.1 Å². The van der Waals surface area contributed by atoms with E-state index in [-0.39, 0.29) is 6.04 Å². The lowest BCUT2D eigenvalue weighted by atomic mass is 10.1. The van der Waals surface area contributed by atoms with Crippen molar-refractivity contribution in [1.29, 1.82) is 0 Å². The maximum Gasteiger partial charge on any atom is 0.194 e. The Morgan fingerprint density at radius 1 is 1.50 bits per heavy atom. The molecule has 0 radical (unpaired) electrons. The molecular weight excluding hydrogens is 320 g/mol. The van der Waals surface area contributed by atoms with Crippen molar-refractivity contribution in [3.63, 3.8) is 0 Å². The molecule has 0 aromatic carbocycles. The Kier molecular flexibility index (Phi) is 7.42. The van der Waals surface area contributed by atoms with E-state index in [2.05, 4.69) is 66.1 Å². The molecule has 0 amide bonds. The van der Waals surface area contributed by atoms with Crippen molar-refractivity contribution in [3.8, 4) is 0 Å². The summed E-state index contributed by atoms with van der Waals surface area (Å²) in [5.74, 6) is 2.23. The van der Waals surface area contributed by atoms with Crippen LogP contribution in [0.15, 0.2) is 17.4 Å². The number of nitrogens with one attached hydrogen (secondary N) is 1. The van der Waals surface area contributed by atoms with Crippen molar-refractivity contribution in [2.75, 3.05) is 46.0 Å². The molecule has 0 aliphatic carbocycles. The highest BCUT2D eigenvalue weighted by molar-refractivity contribution is 8.00. The van der Waals surface area contributed by atoms with E-state index in [1.54, 1.807) is 0 Å². The summed E-state index contributed by atoms with van der Waals surface area (Å²) in [4.78, 5) is 9.59. The Hall–Kier alpha value is -1.21. The molecule has 7 heteroatoms. The van der Waals surface area contributed by atoms with Crippen LogP contribution in [0.25, 0.3) is 0 Å². The number of rotatable bonds is 6. The van der Waals surface area contributed by atoms with E-state index in [0.29, 0.717) is 5.25 Å². The number of aliphatic imine (C=N–C) groups is 1. The van der Waals surface area contributed by atoms with Gasteiger partial charge in [0, 0.05) is 49.4 Å². The van der Waals surface area contributed by atoms with Crippen molar-refractivity contribution >= 4 is 17.7 Å². The van der Waals surface area contributed by atoms with Gasteiger partial charge < -0.3 is 15.1 Å². The molecule has 1 aromatic rings. The number of guanidine groups is 1. The molecule has 1 N–H and O–H groups in total. The average Bonchev–Trinajstić information content (AvgIpc) is 3.00. The normalized spacial score (nSPS) is 20.5. The highest BCUT2D eigenvalue weighted by atomic mass is 32.2.